The van der Waals surface area contributed by atoms with Crippen LogP contribution in [-0.2, 0) is 11.2 Å². The average Bonchev–Trinajstić information content (AvgIpc) is 2.71. The summed E-state index contributed by atoms with van der Waals surface area (Å²) >= 11 is 0. The number of hydrogen-bond donors (Lipinski definition) is 4. The summed E-state index contributed by atoms with van der Waals surface area (Å²) in [6, 6.07) is 3.14. The van der Waals surface area contributed by atoms with Crippen molar-refractivity contribution in [1.82, 2.24) is 0 Å². The zero-order valence-electron chi connectivity index (χ0n) is 19.8. The van der Waals surface area contributed by atoms with Crippen LogP contribution in [0.25, 0.3) is 0 Å². The van der Waals surface area contributed by atoms with Crippen LogP contribution in [0.5, 0.6) is 11.5 Å². The summed E-state index contributed by atoms with van der Waals surface area (Å²) in [4.78, 5) is 11.4. The Bertz CT molecular complexity index is 890. The Morgan fingerprint density at radius 3 is 2.19 bits per heavy atom. The number of benzene rings is 1. The predicted octanol–water partition coefficient (Wildman–Crippen LogP) is 6.13. The van der Waals surface area contributed by atoms with E-state index >= 15 is 0 Å². The van der Waals surface area contributed by atoms with Gasteiger partial charge in [-0.05, 0) is 90.3 Å². The van der Waals surface area contributed by atoms with Crippen molar-refractivity contribution in [2.45, 2.75) is 78.7 Å². The van der Waals surface area contributed by atoms with Crippen molar-refractivity contribution in [3.05, 3.63) is 70.4 Å². The molecule has 1 aromatic carbocycles. The summed E-state index contributed by atoms with van der Waals surface area (Å²) in [7, 11) is 0. The maximum absolute atomic E-state index is 11.4. The van der Waals surface area contributed by atoms with E-state index in [1.165, 1.54) is 11.1 Å². The normalized spacial score (nSPS) is 13.8. The number of phenols is 2. The van der Waals surface area contributed by atoms with Gasteiger partial charge in [0.1, 0.15) is 11.5 Å². The highest BCUT2D eigenvalue weighted by Crippen LogP contribution is 2.28. The molecule has 0 saturated heterocycles. The van der Waals surface area contributed by atoms with Gasteiger partial charge in [-0.25, -0.2) is 4.79 Å². The molecular formula is C27H38O5. The van der Waals surface area contributed by atoms with Crippen molar-refractivity contribution < 1.29 is 25.2 Å². The number of rotatable bonds is 13. The van der Waals surface area contributed by atoms with Crippen LogP contribution >= 0.6 is 0 Å². The quantitative estimate of drug-likeness (QED) is 0.167. The fourth-order valence-corrected chi connectivity index (χ4v) is 3.33. The second kappa shape index (κ2) is 13.6. The first-order valence-corrected chi connectivity index (χ1v) is 11.1. The predicted molar refractivity (Wildman–Crippen MR) is 130 cm³/mol. The van der Waals surface area contributed by atoms with Gasteiger partial charge in [-0.1, -0.05) is 41.5 Å². The molecule has 176 valence electrons. The number of carboxylic acid groups (broad SMARTS) is 1. The van der Waals surface area contributed by atoms with E-state index in [1.807, 2.05) is 6.92 Å². The minimum atomic E-state index is -0.936. The largest absolute Gasteiger partial charge is 0.508 e. The van der Waals surface area contributed by atoms with Crippen LogP contribution in [0.4, 0.5) is 0 Å². The van der Waals surface area contributed by atoms with Gasteiger partial charge in [0.25, 0.3) is 0 Å². The van der Waals surface area contributed by atoms with Crippen molar-refractivity contribution in [3.8, 4) is 11.5 Å². The number of allylic oxidation sites excluding steroid dienone is 5. The highest BCUT2D eigenvalue weighted by Gasteiger charge is 2.11. The maximum atomic E-state index is 11.4. The molecule has 1 aromatic rings. The van der Waals surface area contributed by atoms with Gasteiger partial charge in [0.15, 0.2) is 0 Å². The van der Waals surface area contributed by atoms with Gasteiger partial charge in [0, 0.05) is 11.1 Å². The Labute approximate surface area is 192 Å². The Kier molecular flexibility index (Phi) is 11.6. The summed E-state index contributed by atoms with van der Waals surface area (Å²) in [5.74, 6) is -0.549. The highest BCUT2D eigenvalue weighted by molar-refractivity contribution is 5.86. The van der Waals surface area contributed by atoms with Crippen molar-refractivity contribution in [2.75, 3.05) is 0 Å². The minimum absolute atomic E-state index is 0.159. The molecule has 0 heterocycles. The fourth-order valence-electron chi connectivity index (χ4n) is 3.33. The van der Waals surface area contributed by atoms with E-state index in [2.05, 4.69) is 25.7 Å². The Morgan fingerprint density at radius 2 is 1.59 bits per heavy atom. The zero-order chi connectivity index (χ0) is 24.3. The van der Waals surface area contributed by atoms with Gasteiger partial charge in [-0.2, -0.15) is 0 Å². The molecule has 0 fully saturated rings. The Morgan fingerprint density at radius 1 is 1.00 bits per heavy atom. The Balaban J connectivity index is 2.51. The molecule has 0 aromatic heterocycles. The van der Waals surface area contributed by atoms with Crippen molar-refractivity contribution in [2.24, 2.45) is 0 Å². The van der Waals surface area contributed by atoms with Crippen LogP contribution in [0.1, 0.15) is 70.4 Å². The minimum Gasteiger partial charge on any atom is -0.508 e. The number of carbonyl (C=O) groups is 1. The first-order valence-electron chi connectivity index (χ1n) is 11.1. The summed E-state index contributed by atoms with van der Waals surface area (Å²) < 4.78 is 0. The lowest BCUT2D eigenvalue weighted by Gasteiger charge is -2.10. The molecule has 0 aliphatic rings. The Hall–Kier alpha value is -2.79. The van der Waals surface area contributed by atoms with E-state index in [0.717, 1.165) is 19.3 Å². The third-order valence-corrected chi connectivity index (χ3v) is 5.53. The standard InChI is InChI=1S/C27H38O5/c1-18(2)25(29)15-14-22(27(31)32)11-7-10-19(3)8-6-9-20(4)12-13-23-17-24(28)16-21(5)26(23)30/h8,11-12,16-17,25,28-30H,1,6-7,9-10,13-15H2,2-5H3,(H,31,32)/b19-8+,20-12+,22-11-/t25-/m1/s1. The van der Waals surface area contributed by atoms with E-state index in [4.69, 9.17) is 0 Å². The van der Waals surface area contributed by atoms with Crippen molar-refractivity contribution in [1.29, 1.82) is 0 Å². The second-order valence-electron chi connectivity index (χ2n) is 8.59. The van der Waals surface area contributed by atoms with Gasteiger partial charge >= 0.3 is 5.97 Å². The average molecular weight is 443 g/mol. The van der Waals surface area contributed by atoms with E-state index in [9.17, 15) is 25.2 Å². The molecule has 0 bridgehead atoms. The SMILES string of the molecule is C=C(C)[C@H](O)CC/C(=C/CC/C(C)=C/CC/C(C)=C/Cc1cc(O)cc(C)c1O)C(=O)O. The number of hydrogen-bond acceptors (Lipinski definition) is 4. The van der Waals surface area contributed by atoms with Crippen LogP contribution in [0.3, 0.4) is 0 Å². The van der Waals surface area contributed by atoms with E-state index in [1.54, 1.807) is 32.1 Å². The number of aliphatic carboxylic acids is 1. The number of aliphatic hydroxyl groups excluding tert-OH is 1. The molecule has 0 aliphatic heterocycles. The topological polar surface area (TPSA) is 98.0 Å². The molecule has 0 aliphatic carbocycles. The summed E-state index contributed by atoms with van der Waals surface area (Å²) in [6.07, 6.45) is 9.80. The maximum Gasteiger partial charge on any atom is 0.331 e. The summed E-state index contributed by atoms with van der Waals surface area (Å²) in [5, 5.41) is 39.0. The lowest BCUT2D eigenvalue weighted by molar-refractivity contribution is -0.132. The molecule has 1 rings (SSSR count). The molecule has 0 amide bonds. The fraction of sp³-hybridized carbons (Fsp3) is 0.444. The van der Waals surface area contributed by atoms with Crippen LogP contribution < -0.4 is 0 Å². The number of aliphatic hydroxyl groups is 1. The molecule has 5 heteroatoms. The van der Waals surface area contributed by atoms with Crippen LogP contribution in [0.2, 0.25) is 0 Å². The number of aromatic hydroxyl groups is 2. The van der Waals surface area contributed by atoms with Gasteiger partial charge in [0.2, 0.25) is 0 Å². The molecule has 0 saturated carbocycles. The molecule has 0 unspecified atom stereocenters. The van der Waals surface area contributed by atoms with E-state index in [0.29, 0.717) is 48.0 Å². The molecule has 4 N–H and O–H groups in total. The molecule has 5 nitrogen and oxygen atoms in total. The second-order valence-corrected chi connectivity index (χ2v) is 8.59. The summed E-state index contributed by atoms with van der Waals surface area (Å²) in [5.41, 5.74) is 4.77. The van der Waals surface area contributed by atoms with Crippen LogP contribution in [0.15, 0.2) is 59.2 Å². The smallest absolute Gasteiger partial charge is 0.331 e. The van der Waals surface area contributed by atoms with Crippen molar-refractivity contribution in [3.63, 3.8) is 0 Å². The highest BCUT2D eigenvalue weighted by atomic mass is 16.4. The van der Waals surface area contributed by atoms with Gasteiger partial charge < -0.3 is 20.4 Å². The molecular weight excluding hydrogens is 404 g/mol. The van der Waals surface area contributed by atoms with E-state index in [-0.39, 0.29) is 11.5 Å². The first-order chi connectivity index (χ1) is 15.0. The van der Waals surface area contributed by atoms with E-state index < -0.39 is 12.1 Å². The van der Waals surface area contributed by atoms with Gasteiger partial charge in [-0.3, -0.25) is 0 Å². The number of aryl methyl sites for hydroxylation is 1. The molecule has 0 radical (unpaired) electrons. The lowest BCUT2D eigenvalue weighted by Crippen LogP contribution is -2.10. The third-order valence-electron chi connectivity index (χ3n) is 5.53. The number of carboxylic acids is 1. The summed E-state index contributed by atoms with van der Waals surface area (Å²) in [6.45, 7) is 11.3. The monoisotopic (exact) mass is 442 g/mol. The van der Waals surface area contributed by atoms with Gasteiger partial charge in [-0.15, -0.1) is 0 Å². The van der Waals surface area contributed by atoms with Crippen LogP contribution in [-0.4, -0.2) is 32.5 Å². The number of phenolic OH excluding ortho intramolecular Hbond substituents is 2. The van der Waals surface area contributed by atoms with Crippen LogP contribution in [0, 0.1) is 6.92 Å². The van der Waals surface area contributed by atoms with Gasteiger partial charge in [0.05, 0.1) is 6.10 Å². The third kappa shape index (κ3) is 10.0. The molecule has 32 heavy (non-hydrogen) atoms. The molecule has 1 atom stereocenters. The first kappa shape index (κ1) is 27.2. The zero-order valence-corrected chi connectivity index (χ0v) is 19.8. The van der Waals surface area contributed by atoms with Crippen molar-refractivity contribution >= 4 is 5.97 Å². The molecule has 0 spiro atoms. The lowest BCUT2D eigenvalue weighted by atomic mass is 10.0.